The van der Waals surface area contributed by atoms with Gasteiger partial charge in [-0.1, -0.05) is 19.9 Å². The van der Waals surface area contributed by atoms with Crippen molar-refractivity contribution in [3.63, 3.8) is 0 Å². The highest BCUT2D eigenvalue weighted by atomic mass is 32.1. The summed E-state index contributed by atoms with van der Waals surface area (Å²) in [4.78, 5) is 1.11. The van der Waals surface area contributed by atoms with Crippen molar-refractivity contribution in [2.45, 2.75) is 25.4 Å². The van der Waals surface area contributed by atoms with Crippen LogP contribution in [0.5, 0.6) is 0 Å². The van der Waals surface area contributed by atoms with E-state index in [1.807, 2.05) is 31.4 Å². The normalized spacial score (nSPS) is 14.2. The lowest BCUT2D eigenvalue weighted by atomic mass is 9.91. The smallest absolute Gasteiger partial charge is 0.314 e. The Labute approximate surface area is 108 Å². The predicted molar refractivity (Wildman–Crippen MR) is 65.4 cm³/mol. The van der Waals surface area contributed by atoms with Gasteiger partial charge in [-0.25, -0.2) is 0 Å². The largest absolute Gasteiger partial charge is 0.405 e. The van der Waals surface area contributed by atoms with Crippen LogP contribution in [0.1, 0.15) is 18.7 Å². The minimum Gasteiger partial charge on any atom is -0.314 e. The van der Waals surface area contributed by atoms with Crippen LogP contribution in [0.3, 0.4) is 0 Å². The van der Waals surface area contributed by atoms with Crippen LogP contribution in [0.15, 0.2) is 17.5 Å². The number of halogens is 3. The molecule has 2 nitrogen and oxygen atoms in total. The minimum atomic E-state index is -4.46. The van der Waals surface area contributed by atoms with E-state index in [0.29, 0.717) is 6.54 Å². The maximum Gasteiger partial charge on any atom is 0.405 e. The van der Waals surface area contributed by atoms with E-state index < -0.39 is 12.1 Å². The maximum absolute atomic E-state index is 12.4. The molecule has 0 bridgehead atoms. The molecule has 1 aromatic heterocycles. The molecular weight excluding hydrogens is 261 g/mol. The van der Waals surface area contributed by atoms with Gasteiger partial charge >= 0.3 is 6.18 Å². The monoisotopic (exact) mass is 276 g/mol. The summed E-state index contributed by atoms with van der Waals surface area (Å²) in [6.45, 7) is 3.96. The number of nitrogens with one attached hydrogen (secondary N) is 1. The predicted octanol–water partition coefficient (Wildman–Crippen LogP) is 3.32. The lowest BCUT2D eigenvalue weighted by Gasteiger charge is -2.24. The van der Waals surface area contributed by atoms with Crippen molar-refractivity contribution in [1.82, 2.24) is 5.32 Å². The molecular formula is C12H15F3N2S. The summed E-state index contributed by atoms with van der Waals surface area (Å²) in [5.41, 5.74) is -0.236. The van der Waals surface area contributed by atoms with Crippen LogP contribution >= 0.6 is 11.3 Å². The third kappa shape index (κ3) is 4.00. The number of nitriles is 1. The van der Waals surface area contributed by atoms with Crippen LogP contribution < -0.4 is 5.32 Å². The Balaban J connectivity index is 2.49. The van der Waals surface area contributed by atoms with Gasteiger partial charge in [-0.05, 0) is 11.4 Å². The standard InChI is InChI=1S/C12H15F3N2S/c1-11(2,10-4-3-5-18-10)8-17-7-9(6-16)12(13,14)15/h3-5,9,17H,7-8H2,1-2H3. The van der Waals surface area contributed by atoms with Crippen LogP contribution in [0.25, 0.3) is 0 Å². The van der Waals surface area contributed by atoms with Gasteiger partial charge in [-0.15, -0.1) is 11.3 Å². The van der Waals surface area contributed by atoms with Gasteiger partial charge in [0.2, 0.25) is 0 Å². The Morgan fingerprint density at radius 2 is 2.11 bits per heavy atom. The molecule has 1 N–H and O–H groups in total. The maximum atomic E-state index is 12.4. The first-order chi connectivity index (χ1) is 8.27. The highest BCUT2D eigenvalue weighted by Gasteiger charge is 2.39. The highest BCUT2D eigenvalue weighted by molar-refractivity contribution is 7.10. The fourth-order valence-electron chi connectivity index (χ4n) is 1.51. The molecule has 0 radical (unpaired) electrons. The first kappa shape index (κ1) is 15.0. The van der Waals surface area contributed by atoms with Gasteiger partial charge in [0.1, 0.15) is 0 Å². The Bertz CT molecular complexity index is 404. The average molecular weight is 276 g/mol. The third-order valence-electron chi connectivity index (χ3n) is 2.65. The van der Waals surface area contributed by atoms with E-state index in [1.54, 1.807) is 11.3 Å². The second kappa shape index (κ2) is 5.72. The van der Waals surface area contributed by atoms with Gasteiger partial charge in [0.25, 0.3) is 0 Å². The zero-order valence-electron chi connectivity index (χ0n) is 10.2. The van der Waals surface area contributed by atoms with E-state index in [4.69, 9.17) is 5.26 Å². The van der Waals surface area contributed by atoms with Crippen molar-refractivity contribution >= 4 is 11.3 Å². The van der Waals surface area contributed by atoms with Crippen molar-refractivity contribution in [1.29, 1.82) is 5.26 Å². The first-order valence-electron chi connectivity index (χ1n) is 5.48. The molecule has 0 aliphatic heterocycles. The summed E-state index contributed by atoms with van der Waals surface area (Å²) >= 11 is 1.57. The average Bonchev–Trinajstić information content (AvgIpc) is 2.76. The van der Waals surface area contributed by atoms with E-state index in [9.17, 15) is 13.2 Å². The Morgan fingerprint density at radius 1 is 1.44 bits per heavy atom. The molecule has 0 saturated heterocycles. The molecule has 6 heteroatoms. The molecule has 0 fully saturated rings. The topological polar surface area (TPSA) is 35.8 Å². The fourth-order valence-corrected chi connectivity index (χ4v) is 2.37. The summed E-state index contributed by atoms with van der Waals surface area (Å²) in [6, 6.07) is 5.15. The van der Waals surface area contributed by atoms with Crippen LogP contribution in [0.2, 0.25) is 0 Å². The molecule has 0 amide bonds. The number of alkyl halides is 3. The third-order valence-corrected chi connectivity index (χ3v) is 3.89. The number of hydrogen-bond donors (Lipinski definition) is 1. The van der Waals surface area contributed by atoms with Crippen molar-refractivity contribution < 1.29 is 13.2 Å². The van der Waals surface area contributed by atoms with Crippen LogP contribution in [-0.2, 0) is 5.41 Å². The van der Waals surface area contributed by atoms with Crippen molar-refractivity contribution in [2.24, 2.45) is 5.92 Å². The van der Waals surface area contributed by atoms with Gasteiger partial charge in [0.05, 0.1) is 6.07 Å². The molecule has 0 saturated carbocycles. The van der Waals surface area contributed by atoms with Crippen molar-refractivity contribution in [3.05, 3.63) is 22.4 Å². The van der Waals surface area contributed by atoms with Gasteiger partial charge < -0.3 is 5.32 Å². The molecule has 0 aromatic carbocycles. The van der Waals surface area contributed by atoms with E-state index in [1.165, 1.54) is 6.07 Å². The summed E-state index contributed by atoms with van der Waals surface area (Å²) in [5.74, 6) is -1.95. The lowest BCUT2D eigenvalue weighted by Crippen LogP contribution is -2.38. The molecule has 100 valence electrons. The quantitative estimate of drug-likeness (QED) is 0.895. The summed E-state index contributed by atoms with van der Waals surface area (Å²) in [6.07, 6.45) is -4.46. The Morgan fingerprint density at radius 3 is 2.56 bits per heavy atom. The fraction of sp³-hybridized carbons (Fsp3) is 0.583. The van der Waals surface area contributed by atoms with Crippen LogP contribution in [0, 0.1) is 17.2 Å². The van der Waals surface area contributed by atoms with E-state index in [-0.39, 0.29) is 12.0 Å². The Kier molecular flexibility index (Phi) is 4.77. The number of hydrogen-bond acceptors (Lipinski definition) is 3. The number of thiophene rings is 1. The molecule has 0 spiro atoms. The molecule has 0 aliphatic carbocycles. The van der Waals surface area contributed by atoms with E-state index in [0.717, 1.165) is 4.88 Å². The van der Waals surface area contributed by atoms with Crippen LogP contribution in [-0.4, -0.2) is 19.3 Å². The summed E-state index contributed by atoms with van der Waals surface area (Å²) in [5, 5.41) is 13.1. The SMILES string of the molecule is CC(C)(CNCC(C#N)C(F)(F)F)c1cccs1. The second-order valence-corrected chi connectivity index (χ2v) is 5.66. The van der Waals surface area contributed by atoms with Crippen molar-refractivity contribution in [2.75, 3.05) is 13.1 Å². The van der Waals surface area contributed by atoms with Gasteiger partial charge in [0, 0.05) is 23.4 Å². The summed E-state index contributed by atoms with van der Waals surface area (Å²) < 4.78 is 37.1. The molecule has 18 heavy (non-hydrogen) atoms. The highest BCUT2D eigenvalue weighted by Crippen LogP contribution is 2.28. The second-order valence-electron chi connectivity index (χ2n) is 4.72. The first-order valence-corrected chi connectivity index (χ1v) is 6.36. The lowest BCUT2D eigenvalue weighted by molar-refractivity contribution is -0.157. The molecule has 1 unspecified atom stereocenters. The number of nitrogens with zero attached hydrogens (tertiary/aromatic N) is 1. The molecule has 1 heterocycles. The zero-order chi connectivity index (χ0) is 13.8. The molecule has 1 aromatic rings. The zero-order valence-corrected chi connectivity index (χ0v) is 11.0. The van der Waals surface area contributed by atoms with Crippen LogP contribution in [0.4, 0.5) is 13.2 Å². The molecule has 1 rings (SSSR count). The van der Waals surface area contributed by atoms with Gasteiger partial charge in [-0.2, -0.15) is 18.4 Å². The van der Waals surface area contributed by atoms with Gasteiger partial charge in [0.15, 0.2) is 5.92 Å². The Hall–Kier alpha value is -1.06. The molecule has 1 atom stereocenters. The van der Waals surface area contributed by atoms with E-state index in [2.05, 4.69) is 5.32 Å². The minimum absolute atomic E-state index is 0.236. The van der Waals surface area contributed by atoms with Gasteiger partial charge in [-0.3, -0.25) is 0 Å². The van der Waals surface area contributed by atoms with E-state index >= 15 is 0 Å². The molecule has 0 aliphatic rings. The van der Waals surface area contributed by atoms with Crippen molar-refractivity contribution in [3.8, 4) is 6.07 Å². The number of rotatable bonds is 5. The summed E-state index contributed by atoms with van der Waals surface area (Å²) in [7, 11) is 0.